The quantitative estimate of drug-likeness (QED) is 0.328. The predicted molar refractivity (Wildman–Crippen MR) is 139 cm³/mol. The monoisotopic (exact) mass is 444 g/mol. The fourth-order valence-electron chi connectivity index (χ4n) is 5.02. The molecule has 0 aliphatic heterocycles. The summed E-state index contributed by atoms with van der Waals surface area (Å²) in [4.78, 5) is 5.84. The lowest BCUT2D eigenvalue weighted by molar-refractivity contribution is 1.13. The first-order valence-corrected chi connectivity index (χ1v) is 11.8. The average Bonchev–Trinajstić information content (AvgIpc) is 3.50. The van der Waals surface area contributed by atoms with Crippen molar-refractivity contribution in [3.63, 3.8) is 0 Å². The highest BCUT2D eigenvalue weighted by molar-refractivity contribution is 7.17. The molecule has 0 saturated heterocycles. The molecule has 4 nitrogen and oxygen atoms in total. The van der Waals surface area contributed by atoms with Gasteiger partial charge in [-0.05, 0) is 35.9 Å². The first kappa shape index (κ1) is 18.5. The van der Waals surface area contributed by atoms with Crippen molar-refractivity contribution in [1.82, 2.24) is 9.55 Å². The number of nitrogens with two attached hydrogens (primary N) is 2. The Bertz CT molecular complexity index is 1640. The lowest BCUT2D eigenvalue weighted by atomic mass is 9.97. The number of pyridine rings is 1. The standard InChI is InChI=1S/C28H20N4S/c29-26-18-8-2-4-11-22(18)32(21-10-3-1-7-17(21)20-9-5-6-14-31-20)27(26)25-24-19-15-16(19)12-13-23(24)33-28(25)30/h1-16H,29-30H2/t16-/m1/s1. The molecule has 3 aromatic heterocycles. The normalized spacial score (nSPS) is 15.9. The number of nitrogens with zero attached hydrogens (tertiary/aromatic N) is 2. The van der Waals surface area contributed by atoms with E-state index in [9.17, 15) is 0 Å². The van der Waals surface area contributed by atoms with Crippen LogP contribution in [0.2, 0.25) is 0 Å². The van der Waals surface area contributed by atoms with Crippen molar-refractivity contribution in [2.24, 2.45) is 5.92 Å². The molecule has 0 saturated carbocycles. The van der Waals surface area contributed by atoms with Crippen LogP contribution in [0.25, 0.3) is 50.8 Å². The summed E-state index contributed by atoms with van der Waals surface area (Å²) in [6.07, 6.45) is 8.56. The number of hydrogen-bond acceptors (Lipinski definition) is 4. The molecule has 2 aliphatic rings. The molecule has 0 unspecified atom stereocenters. The summed E-state index contributed by atoms with van der Waals surface area (Å²) in [6.45, 7) is 0. The van der Waals surface area contributed by atoms with Gasteiger partial charge in [0.2, 0.25) is 0 Å². The number of allylic oxidation sites excluding steroid dienone is 3. The zero-order valence-corrected chi connectivity index (χ0v) is 18.5. The number of anilines is 2. The molecular weight excluding hydrogens is 424 g/mol. The number of rotatable bonds is 3. The SMILES string of the molecule is Nc1sc2c(c1-c1c(N)c3ccccc3n1-c1ccccc1-c1ccccn1)C1=C[C@H]1C=C2. The number of para-hydroxylation sites is 2. The maximum atomic E-state index is 6.89. The molecule has 5 heteroatoms. The number of nitrogen functional groups attached to an aromatic ring is 2. The first-order valence-electron chi connectivity index (χ1n) is 10.9. The van der Waals surface area contributed by atoms with Crippen molar-refractivity contribution < 1.29 is 0 Å². The van der Waals surface area contributed by atoms with Gasteiger partial charge in [-0.2, -0.15) is 0 Å². The average molecular weight is 445 g/mol. The van der Waals surface area contributed by atoms with Crippen molar-refractivity contribution in [3.8, 4) is 28.2 Å². The summed E-state index contributed by atoms with van der Waals surface area (Å²) in [6, 6.07) is 22.6. The maximum absolute atomic E-state index is 6.89. The summed E-state index contributed by atoms with van der Waals surface area (Å²) in [5, 5.41) is 1.82. The van der Waals surface area contributed by atoms with E-state index < -0.39 is 0 Å². The van der Waals surface area contributed by atoms with E-state index in [-0.39, 0.29) is 0 Å². The highest BCUT2D eigenvalue weighted by Crippen LogP contribution is 2.56. The van der Waals surface area contributed by atoms with Crippen LogP contribution in [0.15, 0.2) is 85.1 Å². The zero-order chi connectivity index (χ0) is 22.1. The van der Waals surface area contributed by atoms with E-state index in [4.69, 9.17) is 11.5 Å². The van der Waals surface area contributed by atoms with Crippen molar-refractivity contribution in [2.75, 3.05) is 11.5 Å². The second-order valence-corrected chi connectivity index (χ2v) is 9.52. The van der Waals surface area contributed by atoms with Crippen molar-refractivity contribution >= 4 is 44.6 Å². The molecule has 0 amide bonds. The third-order valence-corrected chi connectivity index (χ3v) is 7.54. The van der Waals surface area contributed by atoms with Gasteiger partial charge >= 0.3 is 0 Å². The van der Waals surface area contributed by atoms with Gasteiger partial charge in [-0.15, -0.1) is 11.3 Å². The van der Waals surface area contributed by atoms with E-state index in [1.165, 1.54) is 16.0 Å². The fourth-order valence-corrected chi connectivity index (χ4v) is 6.03. The Labute approximate surface area is 195 Å². The summed E-state index contributed by atoms with van der Waals surface area (Å²) < 4.78 is 2.27. The van der Waals surface area contributed by atoms with E-state index in [0.29, 0.717) is 5.92 Å². The van der Waals surface area contributed by atoms with Gasteiger partial charge in [-0.25, -0.2) is 0 Å². The van der Waals surface area contributed by atoms with Crippen LogP contribution in [0.3, 0.4) is 0 Å². The smallest absolute Gasteiger partial charge is 0.0964 e. The van der Waals surface area contributed by atoms with Crippen LogP contribution in [0.1, 0.15) is 10.4 Å². The molecule has 33 heavy (non-hydrogen) atoms. The molecule has 3 heterocycles. The van der Waals surface area contributed by atoms with Gasteiger partial charge in [0, 0.05) is 39.1 Å². The molecule has 0 fully saturated rings. The van der Waals surface area contributed by atoms with Gasteiger partial charge in [0.15, 0.2) is 0 Å². The second kappa shape index (κ2) is 6.70. The highest BCUT2D eigenvalue weighted by atomic mass is 32.1. The number of thiophene rings is 1. The third kappa shape index (κ3) is 2.60. The molecule has 4 N–H and O–H groups in total. The number of hydrogen-bond donors (Lipinski definition) is 2. The zero-order valence-electron chi connectivity index (χ0n) is 17.7. The first-order chi connectivity index (χ1) is 16.2. The van der Waals surface area contributed by atoms with Crippen LogP contribution >= 0.6 is 11.3 Å². The molecule has 2 aliphatic carbocycles. The Balaban J connectivity index is 1.60. The van der Waals surface area contributed by atoms with Crippen molar-refractivity contribution in [2.45, 2.75) is 0 Å². The second-order valence-electron chi connectivity index (χ2n) is 8.43. The third-order valence-electron chi connectivity index (χ3n) is 6.55. The van der Waals surface area contributed by atoms with Crippen LogP contribution in [0.5, 0.6) is 0 Å². The van der Waals surface area contributed by atoms with E-state index >= 15 is 0 Å². The Morgan fingerprint density at radius 2 is 1.70 bits per heavy atom. The van der Waals surface area contributed by atoms with Gasteiger partial charge < -0.3 is 16.0 Å². The minimum absolute atomic E-state index is 0.421. The fraction of sp³-hybridized carbons (Fsp3) is 0.0357. The summed E-state index contributed by atoms with van der Waals surface area (Å²) in [7, 11) is 0. The number of aromatic nitrogens is 2. The van der Waals surface area contributed by atoms with Gasteiger partial charge in [0.1, 0.15) is 0 Å². The minimum Gasteiger partial charge on any atom is -0.396 e. The lowest BCUT2D eigenvalue weighted by Gasteiger charge is -2.17. The Hall–Kier alpha value is -4.09. The Morgan fingerprint density at radius 1 is 0.879 bits per heavy atom. The molecule has 158 valence electrons. The Kier molecular flexibility index (Phi) is 3.75. The van der Waals surface area contributed by atoms with Gasteiger partial charge in [-0.3, -0.25) is 4.98 Å². The molecule has 0 radical (unpaired) electrons. The van der Waals surface area contributed by atoms with Crippen molar-refractivity contribution in [1.29, 1.82) is 0 Å². The van der Waals surface area contributed by atoms with Crippen LogP contribution in [-0.4, -0.2) is 9.55 Å². The van der Waals surface area contributed by atoms with E-state index in [0.717, 1.165) is 49.8 Å². The van der Waals surface area contributed by atoms with E-state index in [1.54, 1.807) is 11.3 Å². The number of fused-ring (bicyclic) bond motifs is 4. The van der Waals surface area contributed by atoms with Gasteiger partial charge in [0.05, 0.1) is 33.3 Å². The lowest BCUT2D eigenvalue weighted by Crippen LogP contribution is -2.03. The highest BCUT2D eigenvalue weighted by Gasteiger charge is 2.35. The largest absolute Gasteiger partial charge is 0.396 e. The molecule has 2 aromatic carbocycles. The molecule has 5 aromatic rings. The minimum atomic E-state index is 0.421. The molecule has 7 rings (SSSR count). The Morgan fingerprint density at radius 3 is 2.58 bits per heavy atom. The van der Waals surface area contributed by atoms with Crippen LogP contribution in [-0.2, 0) is 0 Å². The van der Waals surface area contributed by atoms with Crippen LogP contribution in [0.4, 0.5) is 10.7 Å². The molecular formula is C28H20N4S. The number of benzene rings is 2. The van der Waals surface area contributed by atoms with Crippen LogP contribution < -0.4 is 11.5 Å². The molecule has 1 atom stereocenters. The van der Waals surface area contributed by atoms with E-state index in [1.807, 2.05) is 36.5 Å². The molecule has 0 bridgehead atoms. The van der Waals surface area contributed by atoms with Crippen LogP contribution in [0, 0.1) is 5.92 Å². The van der Waals surface area contributed by atoms with Gasteiger partial charge in [-0.1, -0.05) is 54.6 Å². The van der Waals surface area contributed by atoms with Gasteiger partial charge in [0.25, 0.3) is 0 Å². The van der Waals surface area contributed by atoms with E-state index in [2.05, 4.69) is 64.2 Å². The maximum Gasteiger partial charge on any atom is 0.0964 e. The predicted octanol–water partition coefficient (Wildman–Crippen LogP) is 6.63. The summed E-state index contributed by atoms with van der Waals surface area (Å²) in [5.41, 5.74) is 23.0. The summed E-state index contributed by atoms with van der Waals surface area (Å²) >= 11 is 1.63. The summed E-state index contributed by atoms with van der Waals surface area (Å²) in [5.74, 6) is 0.421. The molecule has 0 spiro atoms. The topological polar surface area (TPSA) is 69.9 Å². The van der Waals surface area contributed by atoms with Crippen molar-refractivity contribution in [3.05, 3.63) is 95.5 Å².